The van der Waals surface area contributed by atoms with E-state index in [2.05, 4.69) is 0 Å². The number of rotatable bonds is 2. The van der Waals surface area contributed by atoms with Crippen molar-refractivity contribution in [2.45, 2.75) is 6.92 Å². The van der Waals surface area contributed by atoms with E-state index in [1.165, 1.54) is 0 Å². The van der Waals surface area contributed by atoms with Crippen LogP contribution in [-0.2, 0) is 0 Å². The average Bonchev–Trinajstić information content (AvgIpc) is 2.32. The molecule has 2 nitrogen and oxygen atoms in total. The van der Waals surface area contributed by atoms with Crippen LogP contribution in [-0.4, -0.2) is 11.4 Å². The molecule has 0 saturated carbocycles. The van der Waals surface area contributed by atoms with E-state index < -0.39 is 0 Å². The summed E-state index contributed by atoms with van der Waals surface area (Å²) >= 11 is 0. The maximum atomic E-state index is 10.5. The number of phenolic OH excluding ortho intramolecular Hbond substituents is 1. The first kappa shape index (κ1) is 10.4. The molecule has 0 aliphatic rings. The molecule has 0 radical (unpaired) electrons. The number of carbonyl (C=O) groups excluding carboxylic acids is 1. The van der Waals surface area contributed by atoms with Gasteiger partial charge in [0.1, 0.15) is 12.0 Å². The summed E-state index contributed by atoms with van der Waals surface area (Å²) in [6, 6.07) is 12.6. The smallest absolute Gasteiger partial charge is 0.150 e. The van der Waals surface area contributed by atoms with Crippen molar-refractivity contribution in [3.05, 3.63) is 53.6 Å². The summed E-state index contributed by atoms with van der Waals surface area (Å²) in [5.41, 5.74) is 3.73. The van der Waals surface area contributed by atoms with Gasteiger partial charge in [0.15, 0.2) is 0 Å². The second-order valence-corrected chi connectivity index (χ2v) is 3.74. The van der Waals surface area contributed by atoms with Gasteiger partial charge in [-0.25, -0.2) is 0 Å². The van der Waals surface area contributed by atoms with Crippen LogP contribution in [0.2, 0.25) is 0 Å². The first-order valence-corrected chi connectivity index (χ1v) is 5.06. The van der Waals surface area contributed by atoms with Gasteiger partial charge in [-0.3, -0.25) is 4.79 Å². The summed E-state index contributed by atoms with van der Waals surface area (Å²) in [5, 5.41) is 9.44. The third-order valence-electron chi connectivity index (χ3n) is 2.58. The number of hydrogen-bond donors (Lipinski definition) is 1. The molecule has 2 aromatic rings. The van der Waals surface area contributed by atoms with Crippen molar-refractivity contribution < 1.29 is 9.90 Å². The summed E-state index contributed by atoms with van der Waals surface area (Å²) in [6.45, 7) is 1.99. The van der Waals surface area contributed by atoms with Crippen molar-refractivity contribution >= 4 is 6.29 Å². The largest absolute Gasteiger partial charge is 0.508 e. The van der Waals surface area contributed by atoms with Crippen LogP contribution in [0.3, 0.4) is 0 Å². The van der Waals surface area contributed by atoms with Gasteiger partial charge in [-0.05, 0) is 35.7 Å². The second kappa shape index (κ2) is 4.19. The highest BCUT2D eigenvalue weighted by molar-refractivity contribution is 5.77. The molecule has 0 amide bonds. The Morgan fingerprint density at radius 2 is 1.75 bits per heavy atom. The molecule has 0 unspecified atom stereocenters. The van der Waals surface area contributed by atoms with E-state index >= 15 is 0 Å². The van der Waals surface area contributed by atoms with Crippen molar-refractivity contribution in [1.29, 1.82) is 0 Å². The van der Waals surface area contributed by atoms with Crippen LogP contribution in [0.25, 0.3) is 11.1 Å². The molecule has 0 saturated heterocycles. The number of aryl methyl sites for hydroxylation is 1. The zero-order valence-electron chi connectivity index (χ0n) is 8.97. The van der Waals surface area contributed by atoms with E-state index in [0.29, 0.717) is 5.56 Å². The normalized spacial score (nSPS) is 10.1. The molecule has 0 fully saturated rings. The summed E-state index contributed by atoms with van der Waals surface area (Å²) < 4.78 is 0. The molecule has 2 heteroatoms. The van der Waals surface area contributed by atoms with Gasteiger partial charge in [0.2, 0.25) is 0 Å². The Hall–Kier alpha value is -2.09. The quantitative estimate of drug-likeness (QED) is 0.776. The molecule has 0 aliphatic heterocycles. The second-order valence-electron chi connectivity index (χ2n) is 3.74. The number of carbonyl (C=O) groups is 1. The van der Waals surface area contributed by atoms with Gasteiger partial charge in [0, 0.05) is 5.56 Å². The predicted molar refractivity (Wildman–Crippen MR) is 63.7 cm³/mol. The van der Waals surface area contributed by atoms with E-state index in [1.54, 1.807) is 24.3 Å². The molecule has 2 rings (SSSR count). The Bertz CT molecular complexity index is 513. The van der Waals surface area contributed by atoms with Gasteiger partial charge >= 0.3 is 0 Å². The summed E-state index contributed by atoms with van der Waals surface area (Å²) in [5.74, 6) is 0.250. The van der Waals surface area contributed by atoms with Gasteiger partial charge in [0.25, 0.3) is 0 Å². The Balaban J connectivity index is 2.49. The molecule has 0 spiro atoms. The molecule has 80 valence electrons. The minimum atomic E-state index is 0.250. The average molecular weight is 212 g/mol. The summed E-state index contributed by atoms with van der Waals surface area (Å²) in [4.78, 5) is 10.5. The Morgan fingerprint density at radius 1 is 1.06 bits per heavy atom. The Morgan fingerprint density at radius 3 is 2.38 bits per heavy atom. The van der Waals surface area contributed by atoms with E-state index in [1.807, 2.05) is 25.1 Å². The summed E-state index contributed by atoms with van der Waals surface area (Å²) in [6.07, 6.45) is 0.819. The number of aromatic hydroxyl groups is 1. The van der Waals surface area contributed by atoms with Crippen LogP contribution >= 0.6 is 0 Å². The van der Waals surface area contributed by atoms with E-state index in [4.69, 9.17) is 0 Å². The fraction of sp³-hybridized carbons (Fsp3) is 0.0714. The van der Waals surface area contributed by atoms with Crippen molar-refractivity contribution in [2.24, 2.45) is 0 Å². The number of hydrogen-bond acceptors (Lipinski definition) is 2. The minimum Gasteiger partial charge on any atom is -0.508 e. The molecule has 2 aromatic carbocycles. The van der Waals surface area contributed by atoms with Crippen LogP contribution in [0.15, 0.2) is 42.5 Å². The number of benzene rings is 2. The topological polar surface area (TPSA) is 37.3 Å². The highest BCUT2D eigenvalue weighted by Crippen LogP contribution is 2.27. The SMILES string of the molecule is Cc1ccc(O)cc1-c1ccc(C=O)cc1. The Labute approximate surface area is 94.2 Å². The van der Waals surface area contributed by atoms with Crippen molar-refractivity contribution in [2.75, 3.05) is 0 Å². The molecular weight excluding hydrogens is 200 g/mol. The highest BCUT2D eigenvalue weighted by atomic mass is 16.3. The van der Waals surface area contributed by atoms with Crippen LogP contribution in [0.4, 0.5) is 0 Å². The van der Waals surface area contributed by atoms with Gasteiger partial charge < -0.3 is 5.11 Å². The molecule has 16 heavy (non-hydrogen) atoms. The van der Waals surface area contributed by atoms with Gasteiger partial charge in [0.05, 0.1) is 0 Å². The zero-order chi connectivity index (χ0) is 11.5. The first-order valence-electron chi connectivity index (χ1n) is 5.06. The van der Waals surface area contributed by atoms with Crippen LogP contribution in [0.5, 0.6) is 5.75 Å². The minimum absolute atomic E-state index is 0.250. The summed E-state index contributed by atoms with van der Waals surface area (Å²) in [7, 11) is 0. The molecule has 0 heterocycles. The van der Waals surface area contributed by atoms with Crippen LogP contribution < -0.4 is 0 Å². The standard InChI is InChI=1S/C14H12O2/c1-10-2-7-13(16)8-14(10)12-5-3-11(9-15)4-6-12/h2-9,16H,1H3. The molecule has 0 aliphatic carbocycles. The molecule has 0 aromatic heterocycles. The first-order chi connectivity index (χ1) is 7.70. The van der Waals surface area contributed by atoms with Crippen LogP contribution in [0, 0.1) is 6.92 Å². The van der Waals surface area contributed by atoms with Gasteiger partial charge in [-0.2, -0.15) is 0 Å². The van der Waals surface area contributed by atoms with E-state index in [0.717, 1.165) is 23.0 Å². The lowest BCUT2D eigenvalue weighted by Crippen LogP contribution is -1.84. The van der Waals surface area contributed by atoms with Crippen molar-refractivity contribution in [3.63, 3.8) is 0 Å². The molecule has 0 atom stereocenters. The van der Waals surface area contributed by atoms with Crippen molar-refractivity contribution in [1.82, 2.24) is 0 Å². The van der Waals surface area contributed by atoms with E-state index in [9.17, 15) is 9.90 Å². The molecule has 1 N–H and O–H groups in total. The van der Waals surface area contributed by atoms with Crippen LogP contribution in [0.1, 0.15) is 15.9 Å². The van der Waals surface area contributed by atoms with Crippen molar-refractivity contribution in [3.8, 4) is 16.9 Å². The predicted octanol–water partition coefficient (Wildman–Crippen LogP) is 3.18. The number of phenols is 1. The maximum Gasteiger partial charge on any atom is 0.150 e. The third-order valence-corrected chi connectivity index (χ3v) is 2.58. The molecule has 0 bridgehead atoms. The van der Waals surface area contributed by atoms with Gasteiger partial charge in [-0.15, -0.1) is 0 Å². The van der Waals surface area contributed by atoms with Gasteiger partial charge in [-0.1, -0.05) is 30.3 Å². The fourth-order valence-electron chi connectivity index (χ4n) is 1.66. The third kappa shape index (κ3) is 1.96. The lowest BCUT2D eigenvalue weighted by Gasteiger charge is -2.06. The lowest BCUT2D eigenvalue weighted by molar-refractivity contribution is 0.112. The fourth-order valence-corrected chi connectivity index (χ4v) is 1.66. The molecular formula is C14H12O2. The maximum absolute atomic E-state index is 10.5. The highest BCUT2D eigenvalue weighted by Gasteiger charge is 2.02. The lowest BCUT2D eigenvalue weighted by atomic mass is 9.99. The zero-order valence-corrected chi connectivity index (χ0v) is 8.97. The Kier molecular flexibility index (Phi) is 2.73. The monoisotopic (exact) mass is 212 g/mol. The van der Waals surface area contributed by atoms with E-state index in [-0.39, 0.29) is 5.75 Å². The number of aldehydes is 1.